The van der Waals surface area contributed by atoms with Crippen molar-refractivity contribution >= 4 is 33.2 Å². The highest BCUT2D eigenvalue weighted by atomic mass is 35.5. The smallest absolute Gasteiger partial charge is 0.207 e. The van der Waals surface area contributed by atoms with E-state index in [4.69, 9.17) is 28.5 Å². The molecule has 0 fully saturated rings. The van der Waals surface area contributed by atoms with E-state index >= 15 is 0 Å². The van der Waals surface area contributed by atoms with Crippen molar-refractivity contribution in [1.29, 1.82) is 5.26 Å². The normalized spacial score (nSPS) is 13.1. The lowest BCUT2D eigenvalue weighted by molar-refractivity contribution is 0.573. The van der Waals surface area contributed by atoms with Crippen molar-refractivity contribution in [1.82, 2.24) is 4.72 Å². The lowest BCUT2D eigenvalue weighted by Gasteiger charge is -2.10. The van der Waals surface area contributed by atoms with Gasteiger partial charge in [-0.2, -0.15) is 9.98 Å². The second-order valence-electron chi connectivity index (χ2n) is 3.15. The molecular weight excluding hydrogens is 290 g/mol. The summed E-state index contributed by atoms with van der Waals surface area (Å²) in [6.45, 7) is 1.34. The Morgan fingerprint density at radius 2 is 2.06 bits per heavy atom. The van der Waals surface area contributed by atoms with Crippen LogP contribution in [0.5, 0.6) is 0 Å². The van der Waals surface area contributed by atoms with Crippen LogP contribution in [0.2, 0.25) is 10.0 Å². The Labute approximate surface area is 108 Å². The van der Waals surface area contributed by atoms with Gasteiger partial charge in [-0.25, -0.2) is 12.8 Å². The fourth-order valence-electron chi connectivity index (χ4n) is 1.04. The van der Waals surface area contributed by atoms with E-state index in [0.717, 1.165) is 12.1 Å². The summed E-state index contributed by atoms with van der Waals surface area (Å²) >= 11 is 11.0. The molecule has 0 heterocycles. The van der Waals surface area contributed by atoms with E-state index in [0.29, 0.717) is 0 Å². The Balaban J connectivity index is 3.27. The lowest BCUT2D eigenvalue weighted by Crippen LogP contribution is -2.31. The molecule has 8 heteroatoms. The third-order valence-corrected chi connectivity index (χ3v) is 4.17. The number of nitrogens with zero attached hydrogens (tertiary/aromatic N) is 1. The van der Waals surface area contributed by atoms with Crippen molar-refractivity contribution < 1.29 is 12.8 Å². The zero-order valence-corrected chi connectivity index (χ0v) is 10.9. The van der Waals surface area contributed by atoms with Crippen LogP contribution in [0.15, 0.2) is 17.0 Å². The van der Waals surface area contributed by atoms with Gasteiger partial charge in [-0.15, -0.1) is 0 Å². The quantitative estimate of drug-likeness (QED) is 0.870. The van der Waals surface area contributed by atoms with Crippen LogP contribution in [0.3, 0.4) is 0 Å². The minimum Gasteiger partial charge on any atom is -0.207 e. The summed E-state index contributed by atoms with van der Waals surface area (Å²) in [5.74, 6) is -1.01. The molecule has 1 atom stereocenters. The van der Waals surface area contributed by atoms with Crippen LogP contribution < -0.4 is 4.72 Å². The Hall–Kier alpha value is -0.870. The van der Waals surface area contributed by atoms with Crippen LogP contribution in [0.1, 0.15) is 6.92 Å². The molecule has 0 aliphatic rings. The first-order valence-electron chi connectivity index (χ1n) is 4.35. The second kappa shape index (κ2) is 5.19. The Kier molecular flexibility index (Phi) is 4.33. The Morgan fingerprint density at radius 3 is 2.59 bits per heavy atom. The Morgan fingerprint density at radius 1 is 1.47 bits per heavy atom. The van der Waals surface area contributed by atoms with Crippen LogP contribution in [0, 0.1) is 17.1 Å². The van der Waals surface area contributed by atoms with Gasteiger partial charge in [0.2, 0.25) is 10.0 Å². The number of benzene rings is 1. The van der Waals surface area contributed by atoms with E-state index < -0.39 is 31.8 Å². The maximum Gasteiger partial charge on any atom is 0.243 e. The molecule has 1 aromatic rings. The van der Waals surface area contributed by atoms with Crippen molar-refractivity contribution in [2.24, 2.45) is 0 Å². The summed E-state index contributed by atoms with van der Waals surface area (Å²) in [6.07, 6.45) is 0. The molecule has 1 aromatic carbocycles. The predicted octanol–water partition coefficient (Wildman–Crippen LogP) is 2.32. The minimum atomic E-state index is -4.04. The van der Waals surface area contributed by atoms with Crippen LogP contribution in [0.4, 0.5) is 4.39 Å². The molecule has 0 saturated carbocycles. The van der Waals surface area contributed by atoms with Crippen molar-refractivity contribution in [2.75, 3.05) is 0 Å². The molecular formula is C9H7Cl2FN2O2S. The summed E-state index contributed by atoms with van der Waals surface area (Å²) in [5.41, 5.74) is 0. The number of nitrogens with one attached hydrogen (secondary N) is 1. The Bertz CT molecular complexity index is 583. The summed E-state index contributed by atoms with van der Waals surface area (Å²) in [4.78, 5) is -0.455. The minimum absolute atomic E-state index is 0.276. The highest BCUT2D eigenvalue weighted by Crippen LogP contribution is 2.29. The molecule has 0 bridgehead atoms. The van der Waals surface area contributed by atoms with E-state index in [1.807, 2.05) is 4.72 Å². The topological polar surface area (TPSA) is 70.0 Å². The number of halogens is 3. The molecule has 92 valence electrons. The first-order chi connectivity index (χ1) is 7.79. The maximum atomic E-state index is 13.3. The van der Waals surface area contributed by atoms with Crippen LogP contribution >= 0.6 is 23.2 Å². The van der Waals surface area contributed by atoms with Crippen molar-refractivity contribution in [3.63, 3.8) is 0 Å². The maximum absolute atomic E-state index is 13.3. The van der Waals surface area contributed by atoms with Crippen molar-refractivity contribution in [3.8, 4) is 6.07 Å². The standard InChI is InChI=1S/C9H7Cl2FN2O2S/c1-5(4-13)14-17(15,16)7-3-2-6(10)9(12)8(7)11/h2-3,5,14H,1H3. The molecule has 0 aliphatic heterocycles. The second-order valence-corrected chi connectivity index (χ2v) is 5.61. The average Bonchev–Trinajstić information content (AvgIpc) is 2.24. The number of hydrogen-bond donors (Lipinski definition) is 1. The van der Waals surface area contributed by atoms with Gasteiger partial charge in [0.25, 0.3) is 0 Å². The van der Waals surface area contributed by atoms with Gasteiger partial charge in [0, 0.05) is 0 Å². The van der Waals surface area contributed by atoms with E-state index in [2.05, 4.69) is 0 Å². The summed E-state index contributed by atoms with van der Waals surface area (Å²) in [7, 11) is -4.04. The summed E-state index contributed by atoms with van der Waals surface area (Å²) < 4.78 is 38.8. The monoisotopic (exact) mass is 296 g/mol. The number of rotatable bonds is 3. The summed E-state index contributed by atoms with van der Waals surface area (Å²) in [6, 6.07) is 2.88. The van der Waals surface area contributed by atoms with Gasteiger partial charge in [0.1, 0.15) is 10.9 Å². The largest absolute Gasteiger partial charge is 0.243 e. The van der Waals surface area contributed by atoms with Crippen molar-refractivity contribution in [2.45, 2.75) is 17.9 Å². The van der Waals surface area contributed by atoms with Gasteiger partial charge in [0.15, 0.2) is 5.82 Å². The van der Waals surface area contributed by atoms with Gasteiger partial charge in [-0.3, -0.25) is 0 Å². The number of hydrogen-bond acceptors (Lipinski definition) is 3. The average molecular weight is 297 g/mol. The van der Waals surface area contributed by atoms with E-state index in [1.54, 1.807) is 6.07 Å². The zero-order chi connectivity index (χ0) is 13.2. The highest BCUT2D eigenvalue weighted by Gasteiger charge is 2.23. The van der Waals surface area contributed by atoms with Crippen LogP contribution in [0.25, 0.3) is 0 Å². The van der Waals surface area contributed by atoms with Gasteiger partial charge < -0.3 is 0 Å². The van der Waals surface area contributed by atoms with Gasteiger partial charge in [0.05, 0.1) is 16.1 Å². The molecule has 1 N–H and O–H groups in total. The van der Waals surface area contributed by atoms with E-state index in [9.17, 15) is 12.8 Å². The molecule has 0 spiro atoms. The molecule has 4 nitrogen and oxygen atoms in total. The molecule has 0 saturated heterocycles. The fraction of sp³-hybridized carbons (Fsp3) is 0.222. The third kappa shape index (κ3) is 3.07. The van der Waals surface area contributed by atoms with E-state index in [1.165, 1.54) is 6.92 Å². The van der Waals surface area contributed by atoms with Gasteiger partial charge in [-0.1, -0.05) is 23.2 Å². The molecule has 0 radical (unpaired) electrons. The first kappa shape index (κ1) is 14.2. The highest BCUT2D eigenvalue weighted by molar-refractivity contribution is 7.89. The first-order valence-corrected chi connectivity index (χ1v) is 6.59. The van der Waals surface area contributed by atoms with E-state index in [-0.39, 0.29) is 5.02 Å². The molecule has 0 aliphatic carbocycles. The zero-order valence-electron chi connectivity index (χ0n) is 8.54. The fourth-order valence-corrected chi connectivity index (χ4v) is 2.93. The molecule has 0 aromatic heterocycles. The van der Waals surface area contributed by atoms with Crippen molar-refractivity contribution in [3.05, 3.63) is 28.0 Å². The van der Waals surface area contributed by atoms with Gasteiger partial charge >= 0.3 is 0 Å². The lowest BCUT2D eigenvalue weighted by atomic mass is 10.3. The predicted molar refractivity (Wildman–Crippen MR) is 61.8 cm³/mol. The molecule has 1 unspecified atom stereocenters. The number of nitriles is 1. The SMILES string of the molecule is CC(C#N)NS(=O)(=O)c1ccc(Cl)c(F)c1Cl. The molecule has 0 amide bonds. The van der Waals surface area contributed by atoms with Crippen LogP contribution in [-0.2, 0) is 10.0 Å². The van der Waals surface area contributed by atoms with Crippen LogP contribution in [-0.4, -0.2) is 14.5 Å². The van der Waals surface area contributed by atoms with Gasteiger partial charge in [-0.05, 0) is 19.1 Å². The summed E-state index contributed by atoms with van der Waals surface area (Å²) in [5, 5.41) is 7.63. The molecule has 1 rings (SSSR count). The number of sulfonamides is 1. The molecule has 17 heavy (non-hydrogen) atoms. The third-order valence-electron chi connectivity index (χ3n) is 1.81.